The predicted octanol–water partition coefficient (Wildman–Crippen LogP) is 1.84. The van der Waals surface area contributed by atoms with Crippen LogP contribution in [-0.2, 0) is 16.0 Å². The lowest BCUT2D eigenvalue weighted by molar-refractivity contribution is -0.148. The normalized spacial score (nSPS) is 10.2. The largest absolute Gasteiger partial charge is 0.497 e. The van der Waals surface area contributed by atoms with Gasteiger partial charge in [-0.3, -0.25) is 9.59 Å². The molecule has 0 unspecified atom stereocenters. The van der Waals surface area contributed by atoms with E-state index in [0.29, 0.717) is 17.5 Å². The molecule has 0 aliphatic heterocycles. The van der Waals surface area contributed by atoms with Crippen LogP contribution in [0.4, 0.5) is 0 Å². The third kappa shape index (κ3) is 3.60. The molecule has 0 saturated carbocycles. The van der Waals surface area contributed by atoms with E-state index >= 15 is 0 Å². The van der Waals surface area contributed by atoms with Gasteiger partial charge in [-0.2, -0.15) is 0 Å². The van der Waals surface area contributed by atoms with Crippen molar-refractivity contribution in [3.63, 3.8) is 0 Å². The second-order valence-corrected chi connectivity index (χ2v) is 4.75. The van der Waals surface area contributed by atoms with E-state index in [-0.39, 0.29) is 0 Å². The Morgan fingerprint density at radius 2 is 1.82 bits per heavy atom. The van der Waals surface area contributed by atoms with Crippen molar-refractivity contribution in [1.29, 1.82) is 0 Å². The Labute approximate surface area is 126 Å². The van der Waals surface area contributed by atoms with Crippen LogP contribution in [0.15, 0.2) is 36.7 Å². The Morgan fingerprint density at radius 1 is 1.14 bits per heavy atom. The molecule has 0 aliphatic carbocycles. The van der Waals surface area contributed by atoms with Gasteiger partial charge in [0.15, 0.2) is 5.78 Å². The summed E-state index contributed by atoms with van der Waals surface area (Å²) >= 11 is 0. The fourth-order valence-corrected chi connectivity index (χ4v) is 2.08. The Bertz CT molecular complexity index is 700. The lowest BCUT2D eigenvalue weighted by Gasteiger charge is -2.04. The summed E-state index contributed by atoms with van der Waals surface area (Å²) in [6, 6.07) is 7.39. The number of ether oxygens (including phenoxy) is 1. The van der Waals surface area contributed by atoms with Gasteiger partial charge in [-0.1, -0.05) is 12.1 Å². The highest BCUT2D eigenvalue weighted by Gasteiger charge is 2.20. The minimum atomic E-state index is -1.60. The molecule has 6 nitrogen and oxygen atoms in total. The number of carbonyl (C=O) groups is 3. The average molecular weight is 301 g/mol. The molecule has 2 aromatic rings. The van der Waals surface area contributed by atoms with Crippen LogP contribution in [0.1, 0.15) is 27.9 Å². The molecule has 22 heavy (non-hydrogen) atoms. The predicted molar refractivity (Wildman–Crippen MR) is 78.2 cm³/mol. The van der Waals surface area contributed by atoms with E-state index in [0.717, 1.165) is 11.3 Å². The SMILES string of the molecule is COc1ccc(Cc2c[nH]cc2C(=O)CC(=O)C(=O)O)cc1. The van der Waals surface area contributed by atoms with Gasteiger partial charge in [0.2, 0.25) is 5.78 Å². The minimum absolute atomic E-state index is 0.338. The molecular formula is C16H15NO5. The van der Waals surface area contributed by atoms with Gasteiger partial charge in [-0.05, 0) is 29.7 Å². The fraction of sp³-hybridized carbons (Fsp3) is 0.188. The van der Waals surface area contributed by atoms with Crippen LogP contribution < -0.4 is 4.74 Å². The van der Waals surface area contributed by atoms with Gasteiger partial charge >= 0.3 is 5.97 Å². The first-order valence-corrected chi connectivity index (χ1v) is 6.59. The Morgan fingerprint density at radius 3 is 2.41 bits per heavy atom. The number of hydrogen-bond acceptors (Lipinski definition) is 4. The van der Waals surface area contributed by atoms with Crippen molar-refractivity contribution < 1.29 is 24.2 Å². The number of H-pyrrole nitrogens is 1. The Hall–Kier alpha value is -2.89. The number of benzene rings is 1. The second-order valence-electron chi connectivity index (χ2n) is 4.75. The summed E-state index contributed by atoms with van der Waals surface area (Å²) in [7, 11) is 1.58. The Balaban J connectivity index is 2.13. The molecule has 0 radical (unpaired) electrons. The minimum Gasteiger partial charge on any atom is -0.497 e. The number of carbonyl (C=O) groups excluding carboxylic acids is 2. The maximum Gasteiger partial charge on any atom is 0.372 e. The molecule has 0 aliphatic rings. The molecule has 0 fully saturated rings. The standard InChI is InChI=1S/C16H15NO5/c1-22-12-4-2-10(3-5-12)6-11-8-17-9-13(11)14(18)7-15(19)16(20)21/h2-5,8-9,17H,6-7H2,1H3,(H,20,21). The smallest absolute Gasteiger partial charge is 0.372 e. The molecule has 0 amide bonds. The summed E-state index contributed by atoms with van der Waals surface area (Å²) in [6.07, 6.45) is 3.01. The van der Waals surface area contributed by atoms with Crippen LogP contribution in [-0.4, -0.2) is 34.7 Å². The number of carboxylic acids is 1. The molecule has 1 heterocycles. The molecule has 1 aromatic heterocycles. The van der Waals surface area contributed by atoms with E-state index in [1.54, 1.807) is 13.3 Å². The van der Waals surface area contributed by atoms with Crippen LogP contribution in [0.2, 0.25) is 0 Å². The average Bonchev–Trinajstić information content (AvgIpc) is 2.96. The van der Waals surface area contributed by atoms with Crippen molar-refractivity contribution in [2.45, 2.75) is 12.8 Å². The monoisotopic (exact) mass is 301 g/mol. The summed E-state index contributed by atoms with van der Waals surface area (Å²) < 4.78 is 5.08. The van der Waals surface area contributed by atoms with Gasteiger partial charge in [0, 0.05) is 18.0 Å². The van der Waals surface area contributed by atoms with Gasteiger partial charge < -0.3 is 14.8 Å². The van der Waals surface area contributed by atoms with Gasteiger partial charge in [-0.15, -0.1) is 0 Å². The quantitative estimate of drug-likeness (QED) is 0.462. The van der Waals surface area contributed by atoms with Gasteiger partial charge in [0.25, 0.3) is 0 Å². The first kappa shape index (κ1) is 15.5. The van der Waals surface area contributed by atoms with Crippen molar-refractivity contribution >= 4 is 17.5 Å². The topological polar surface area (TPSA) is 96.5 Å². The highest BCUT2D eigenvalue weighted by Crippen LogP contribution is 2.18. The number of ketones is 2. The number of rotatable bonds is 7. The second kappa shape index (κ2) is 6.71. The van der Waals surface area contributed by atoms with Crippen LogP contribution in [0.3, 0.4) is 0 Å². The number of carboxylic acid groups (broad SMARTS) is 1. The number of Topliss-reactive ketones (excluding diaryl/α,β-unsaturated/α-hetero) is 2. The third-order valence-corrected chi connectivity index (χ3v) is 3.24. The first-order valence-electron chi connectivity index (χ1n) is 6.59. The van der Waals surface area contributed by atoms with Crippen LogP contribution in [0.25, 0.3) is 0 Å². The maximum atomic E-state index is 12.0. The van der Waals surface area contributed by atoms with Gasteiger partial charge in [-0.25, -0.2) is 4.79 Å². The number of aromatic nitrogens is 1. The zero-order chi connectivity index (χ0) is 16.1. The van der Waals surface area contributed by atoms with Crippen LogP contribution >= 0.6 is 0 Å². The van der Waals surface area contributed by atoms with Gasteiger partial charge in [0.05, 0.1) is 13.5 Å². The molecule has 2 rings (SSSR count). The summed E-state index contributed by atoms with van der Waals surface area (Å²) in [5.74, 6) is -2.47. The number of methoxy groups -OCH3 is 1. The highest BCUT2D eigenvalue weighted by molar-refractivity contribution is 6.37. The van der Waals surface area contributed by atoms with E-state index in [9.17, 15) is 14.4 Å². The van der Waals surface area contributed by atoms with E-state index in [2.05, 4.69) is 4.98 Å². The van der Waals surface area contributed by atoms with Crippen molar-refractivity contribution in [3.05, 3.63) is 53.3 Å². The first-order chi connectivity index (χ1) is 10.5. The maximum absolute atomic E-state index is 12.0. The number of nitrogens with one attached hydrogen (secondary N) is 1. The lowest BCUT2D eigenvalue weighted by Crippen LogP contribution is -2.17. The van der Waals surface area contributed by atoms with Crippen molar-refractivity contribution in [3.8, 4) is 5.75 Å². The van der Waals surface area contributed by atoms with E-state index in [1.807, 2.05) is 24.3 Å². The highest BCUT2D eigenvalue weighted by atomic mass is 16.5. The van der Waals surface area contributed by atoms with Crippen LogP contribution in [0, 0.1) is 0 Å². The summed E-state index contributed by atoms with van der Waals surface area (Å²) in [6.45, 7) is 0. The molecule has 1 aromatic carbocycles. The molecular weight excluding hydrogens is 286 g/mol. The van der Waals surface area contributed by atoms with Crippen LogP contribution in [0.5, 0.6) is 5.75 Å². The zero-order valence-corrected chi connectivity index (χ0v) is 12.0. The molecule has 114 valence electrons. The van der Waals surface area contributed by atoms with E-state index in [4.69, 9.17) is 9.84 Å². The summed E-state index contributed by atoms with van der Waals surface area (Å²) in [5.41, 5.74) is 2.03. The number of hydrogen-bond donors (Lipinski definition) is 2. The molecule has 6 heteroatoms. The van der Waals surface area contributed by atoms with Crippen molar-refractivity contribution in [2.24, 2.45) is 0 Å². The Kier molecular flexibility index (Phi) is 4.73. The molecule has 0 atom stereocenters. The molecule has 0 bridgehead atoms. The molecule has 0 spiro atoms. The number of aromatic amines is 1. The van der Waals surface area contributed by atoms with E-state index in [1.165, 1.54) is 6.20 Å². The lowest BCUT2D eigenvalue weighted by atomic mass is 9.99. The van der Waals surface area contributed by atoms with Crippen molar-refractivity contribution in [1.82, 2.24) is 4.98 Å². The van der Waals surface area contributed by atoms with E-state index < -0.39 is 24.0 Å². The fourth-order valence-electron chi connectivity index (χ4n) is 2.08. The molecule has 2 N–H and O–H groups in total. The summed E-state index contributed by atoms with van der Waals surface area (Å²) in [4.78, 5) is 36.5. The van der Waals surface area contributed by atoms with Gasteiger partial charge in [0.1, 0.15) is 5.75 Å². The summed E-state index contributed by atoms with van der Waals surface area (Å²) in [5, 5.41) is 8.56. The van der Waals surface area contributed by atoms with Crippen molar-refractivity contribution in [2.75, 3.05) is 7.11 Å². The third-order valence-electron chi connectivity index (χ3n) is 3.24. The number of aliphatic carboxylic acids is 1. The molecule has 0 saturated heterocycles. The zero-order valence-electron chi connectivity index (χ0n) is 12.0.